The van der Waals surface area contributed by atoms with Crippen molar-refractivity contribution in [2.45, 2.75) is 71.1 Å². The van der Waals surface area contributed by atoms with Crippen LogP contribution < -0.4 is 10.6 Å². The number of hydrogen-bond acceptors (Lipinski definition) is 5. The summed E-state index contributed by atoms with van der Waals surface area (Å²) in [6.07, 6.45) is 1.38. The van der Waals surface area contributed by atoms with Crippen molar-refractivity contribution in [3.8, 4) is 0 Å². The Bertz CT molecular complexity index is 820. The van der Waals surface area contributed by atoms with Gasteiger partial charge in [0.1, 0.15) is 17.7 Å². The molecule has 0 saturated heterocycles. The molecule has 0 aliphatic heterocycles. The van der Waals surface area contributed by atoms with Crippen LogP contribution in [0.1, 0.15) is 52.5 Å². The van der Waals surface area contributed by atoms with E-state index in [0.29, 0.717) is 25.8 Å². The van der Waals surface area contributed by atoms with Crippen molar-refractivity contribution in [1.82, 2.24) is 20.4 Å². The van der Waals surface area contributed by atoms with Crippen LogP contribution in [0.3, 0.4) is 0 Å². The van der Waals surface area contributed by atoms with Crippen LogP contribution in [0.25, 0.3) is 0 Å². The van der Waals surface area contributed by atoms with Crippen LogP contribution in [0.4, 0.5) is 4.79 Å². The molecule has 0 aliphatic carbocycles. The smallest absolute Gasteiger partial charge is 0.410 e. The Kier molecular flexibility index (Phi) is 11.5. The third kappa shape index (κ3) is 10.7. The lowest BCUT2D eigenvalue weighted by Gasteiger charge is -2.31. The van der Waals surface area contributed by atoms with Crippen LogP contribution in [-0.2, 0) is 25.5 Å². The molecule has 2 N–H and O–H groups in total. The number of ether oxygens (including phenoxy) is 1. The van der Waals surface area contributed by atoms with Gasteiger partial charge in [-0.1, -0.05) is 30.3 Å². The summed E-state index contributed by atoms with van der Waals surface area (Å²) < 4.78 is 5.47. The monoisotopic (exact) mass is 476 g/mol. The van der Waals surface area contributed by atoms with Gasteiger partial charge < -0.3 is 20.3 Å². The first-order valence-electron chi connectivity index (χ1n) is 11.6. The van der Waals surface area contributed by atoms with E-state index in [-0.39, 0.29) is 18.2 Å². The van der Waals surface area contributed by atoms with Crippen LogP contribution in [0.15, 0.2) is 30.3 Å². The molecule has 0 aromatic heterocycles. The van der Waals surface area contributed by atoms with Crippen molar-refractivity contribution >= 4 is 23.8 Å². The number of nitrogens with zero attached hydrogens (tertiary/aromatic N) is 2. The van der Waals surface area contributed by atoms with E-state index in [2.05, 4.69) is 10.6 Å². The average Bonchev–Trinajstić information content (AvgIpc) is 2.74. The van der Waals surface area contributed by atoms with Crippen molar-refractivity contribution in [2.75, 3.05) is 27.7 Å². The SMILES string of the molecule is CC(=O)NCCCC[C@H](NC(=O)[C@@H](Cc1ccccc1)N(C)C(=O)OC(C)(C)C)C(=O)N(C)C. The second-order valence-corrected chi connectivity index (χ2v) is 9.57. The number of carbonyl (C=O) groups excluding carboxylic acids is 4. The Labute approximate surface area is 203 Å². The van der Waals surface area contributed by atoms with Crippen molar-refractivity contribution in [3.63, 3.8) is 0 Å². The summed E-state index contributed by atoms with van der Waals surface area (Å²) in [6.45, 7) is 7.24. The average molecular weight is 477 g/mol. The number of carbonyl (C=O) groups is 4. The molecular formula is C25H40N4O5. The van der Waals surface area contributed by atoms with E-state index in [0.717, 1.165) is 5.56 Å². The largest absolute Gasteiger partial charge is 0.444 e. The van der Waals surface area contributed by atoms with E-state index in [4.69, 9.17) is 4.74 Å². The molecule has 0 unspecified atom stereocenters. The van der Waals surface area contributed by atoms with E-state index in [1.807, 2.05) is 30.3 Å². The Hall–Kier alpha value is -3.10. The molecule has 9 heteroatoms. The molecule has 0 saturated carbocycles. The number of hydrogen-bond donors (Lipinski definition) is 2. The van der Waals surface area contributed by atoms with Crippen LogP contribution >= 0.6 is 0 Å². The highest BCUT2D eigenvalue weighted by Crippen LogP contribution is 2.15. The van der Waals surface area contributed by atoms with Crippen LogP contribution in [0.2, 0.25) is 0 Å². The van der Waals surface area contributed by atoms with Gasteiger partial charge in [-0.25, -0.2) is 4.79 Å². The van der Waals surface area contributed by atoms with Gasteiger partial charge >= 0.3 is 6.09 Å². The third-order valence-corrected chi connectivity index (χ3v) is 5.07. The fraction of sp³-hybridized carbons (Fsp3) is 0.600. The predicted octanol–water partition coefficient (Wildman–Crippen LogP) is 2.34. The van der Waals surface area contributed by atoms with E-state index in [1.54, 1.807) is 34.9 Å². The number of likely N-dealkylation sites (N-methyl/N-ethyl adjacent to an activating group) is 2. The second-order valence-electron chi connectivity index (χ2n) is 9.57. The lowest BCUT2D eigenvalue weighted by molar-refractivity contribution is -0.136. The Morgan fingerprint density at radius 3 is 2.15 bits per heavy atom. The minimum Gasteiger partial charge on any atom is -0.444 e. The van der Waals surface area contributed by atoms with Gasteiger partial charge in [0.25, 0.3) is 0 Å². The first-order chi connectivity index (χ1) is 15.8. The summed E-state index contributed by atoms with van der Waals surface area (Å²) in [5, 5.41) is 5.57. The zero-order valence-electron chi connectivity index (χ0n) is 21.5. The second kappa shape index (κ2) is 13.6. The van der Waals surface area contributed by atoms with Gasteiger partial charge in [-0.2, -0.15) is 0 Å². The first kappa shape index (κ1) is 28.9. The molecule has 0 spiro atoms. The van der Waals surface area contributed by atoms with Crippen molar-refractivity contribution < 1.29 is 23.9 Å². The quantitative estimate of drug-likeness (QED) is 0.477. The van der Waals surface area contributed by atoms with Crippen LogP contribution in [0.5, 0.6) is 0 Å². The molecule has 0 bridgehead atoms. The molecule has 1 aromatic carbocycles. The zero-order chi connectivity index (χ0) is 25.9. The standard InChI is InChI=1S/C25H40N4O5/c1-18(30)26-16-12-11-15-20(23(32)28(5)6)27-22(31)21(17-19-13-9-8-10-14-19)29(7)24(33)34-25(2,3)4/h8-10,13-14,20-21H,11-12,15-17H2,1-7H3,(H,26,30)(H,27,31)/t20-,21+/m0/s1. The van der Waals surface area contributed by atoms with Gasteiger partial charge in [-0.15, -0.1) is 0 Å². The third-order valence-electron chi connectivity index (χ3n) is 5.07. The summed E-state index contributed by atoms with van der Waals surface area (Å²) in [6, 6.07) is 7.76. The molecule has 2 atom stereocenters. The summed E-state index contributed by atoms with van der Waals surface area (Å²) in [4.78, 5) is 52.6. The maximum absolute atomic E-state index is 13.4. The summed E-state index contributed by atoms with van der Waals surface area (Å²) in [7, 11) is 4.79. The lowest BCUT2D eigenvalue weighted by atomic mass is 10.0. The molecule has 0 fully saturated rings. The Balaban J connectivity index is 3.02. The van der Waals surface area contributed by atoms with Gasteiger partial charge in [0, 0.05) is 41.0 Å². The maximum atomic E-state index is 13.4. The molecule has 34 heavy (non-hydrogen) atoms. The Morgan fingerprint density at radius 2 is 1.62 bits per heavy atom. The number of rotatable bonds is 11. The first-order valence-corrected chi connectivity index (χ1v) is 11.6. The highest BCUT2D eigenvalue weighted by molar-refractivity contribution is 5.91. The summed E-state index contributed by atoms with van der Waals surface area (Å²) in [5.41, 5.74) is 0.167. The molecule has 4 amide bonds. The van der Waals surface area contributed by atoms with E-state index >= 15 is 0 Å². The van der Waals surface area contributed by atoms with Gasteiger partial charge in [-0.05, 0) is 45.6 Å². The number of unbranched alkanes of at least 4 members (excludes halogenated alkanes) is 1. The van der Waals surface area contributed by atoms with Gasteiger partial charge in [0.2, 0.25) is 17.7 Å². The van der Waals surface area contributed by atoms with Crippen molar-refractivity contribution in [1.29, 1.82) is 0 Å². The summed E-state index contributed by atoms with van der Waals surface area (Å²) in [5.74, 6) is -0.770. The maximum Gasteiger partial charge on any atom is 0.410 e. The molecule has 1 rings (SSSR count). The molecule has 0 radical (unpaired) electrons. The van der Waals surface area contributed by atoms with E-state index in [1.165, 1.54) is 23.8 Å². The number of benzene rings is 1. The Morgan fingerprint density at radius 1 is 1.00 bits per heavy atom. The van der Waals surface area contributed by atoms with Gasteiger partial charge in [-0.3, -0.25) is 19.3 Å². The normalized spacial score (nSPS) is 12.8. The van der Waals surface area contributed by atoms with Crippen LogP contribution in [-0.4, -0.2) is 79.0 Å². The molecular weight excluding hydrogens is 436 g/mol. The molecule has 190 valence electrons. The highest BCUT2D eigenvalue weighted by Gasteiger charge is 2.33. The predicted molar refractivity (Wildman–Crippen MR) is 131 cm³/mol. The lowest BCUT2D eigenvalue weighted by Crippen LogP contribution is -2.55. The summed E-state index contributed by atoms with van der Waals surface area (Å²) >= 11 is 0. The number of nitrogens with one attached hydrogen (secondary N) is 2. The van der Waals surface area contributed by atoms with E-state index in [9.17, 15) is 19.2 Å². The zero-order valence-corrected chi connectivity index (χ0v) is 21.5. The van der Waals surface area contributed by atoms with Crippen LogP contribution in [0, 0.1) is 0 Å². The number of amides is 4. The molecule has 9 nitrogen and oxygen atoms in total. The highest BCUT2D eigenvalue weighted by atomic mass is 16.6. The molecule has 0 aliphatic rings. The van der Waals surface area contributed by atoms with Crippen molar-refractivity contribution in [2.24, 2.45) is 0 Å². The minimum atomic E-state index is -0.867. The fourth-order valence-corrected chi connectivity index (χ4v) is 3.28. The topological polar surface area (TPSA) is 108 Å². The fourth-order valence-electron chi connectivity index (χ4n) is 3.28. The van der Waals surface area contributed by atoms with Gasteiger partial charge in [0.15, 0.2) is 0 Å². The minimum absolute atomic E-state index is 0.108. The molecule has 0 heterocycles. The van der Waals surface area contributed by atoms with Gasteiger partial charge in [0.05, 0.1) is 0 Å². The molecule has 1 aromatic rings. The van der Waals surface area contributed by atoms with E-state index < -0.39 is 29.7 Å². The van der Waals surface area contributed by atoms with Crippen molar-refractivity contribution in [3.05, 3.63) is 35.9 Å².